The quantitative estimate of drug-likeness (QED) is 0.454. The summed E-state index contributed by atoms with van der Waals surface area (Å²) in [6, 6.07) is 10.2. The number of carbonyl (C=O) groups is 2. The van der Waals surface area contributed by atoms with Crippen LogP contribution in [0.4, 0.5) is 20.6 Å². The lowest BCUT2D eigenvalue weighted by Crippen LogP contribution is -2.49. The van der Waals surface area contributed by atoms with E-state index in [4.69, 9.17) is 11.6 Å². The van der Waals surface area contributed by atoms with Crippen molar-refractivity contribution in [1.82, 2.24) is 14.9 Å². The second-order valence-corrected chi connectivity index (χ2v) is 8.04. The number of amides is 3. The van der Waals surface area contributed by atoms with Crippen molar-refractivity contribution in [2.24, 2.45) is 5.92 Å². The SMILES string of the molecule is Cc1nccn1-c1ccc(NC(=O)[C@@]2(NC(=O)Nc3ccc(Cl)cc3)C[C@@H]2CO)c(F)c1. The maximum atomic E-state index is 14.7. The molecule has 166 valence electrons. The number of aliphatic hydroxyl groups excluding tert-OH is 1. The van der Waals surface area contributed by atoms with E-state index in [0.717, 1.165) is 0 Å². The van der Waals surface area contributed by atoms with Crippen LogP contribution in [0.2, 0.25) is 5.02 Å². The molecule has 1 heterocycles. The Morgan fingerprint density at radius 3 is 2.59 bits per heavy atom. The number of rotatable bonds is 6. The van der Waals surface area contributed by atoms with E-state index in [2.05, 4.69) is 20.9 Å². The van der Waals surface area contributed by atoms with Gasteiger partial charge in [0.25, 0.3) is 5.91 Å². The van der Waals surface area contributed by atoms with E-state index in [-0.39, 0.29) is 18.7 Å². The molecule has 4 N–H and O–H groups in total. The summed E-state index contributed by atoms with van der Waals surface area (Å²) >= 11 is 5.84. The zero-order valence-electron chi connectivity index (χ0n) is 17.1. The van der Waals surface area contributed by atoms with Crippen LogP contribution in [0.25, 0.3) is 5.69 Å². The third-order valence-electron chi connectivity index (χ3n) is 5.47. The molecule has 0 spiro atoms. The second-order valence-electron chi connectivity index (χ2n) is 7.60. The maximum absolute atomic E-state index is 14.7. The Morgan fingerprint density at radius 1 is 1.25 bits per heavy atom. The van der Waals surface area contributed by atoms with Crippen molar-refractivity contribution in [3.8, 4) is 5.69 Å². The van der Waals surface area contributed by atoms with E-state index in [9.17, 15) is 19.1 Å². The monoisotopic (exact) mass is 457 g/mol. The van der Waals surface area contributed by atoms with Crippen LogP contribution in [0.5, 0.6) is 0 Å². The number of nitrogens with one attached hydrogen (secondary N) is 3. The number of benzene rings is 2. The fraction of sp³-hybridized carbons (Fsp3) is 0.227. The third kappa shape index (κ3) is 4.30. The molecular formula is C22H21ClFN5O3. The van der Waals surface area contributed by atoms with Gasteiger partial charge in [-0.05, 0) is 49.7 Å². The first-order valence-corrected chi connectivity index (χ1v) is 10.3. The van der Waals surface area contributed by atoms with Gasteiger partial charge >= 0.3 is 6.03 Å². The summed E-state index contributed by atoms with van der Waals surface area (Å²) in [6.45, 7) is 1.50. The number of hydrogen-bond acceptors (Lipinski definition) is 4. The van der Waals surface area contributed by atoms with E-state index in [1.807, 2.05) is 0 Å². The first-order chi connectivity index (χ1) is 15.3. The normalized spacial score (nSPS) is 19.3. The van der Waals surface area contributed by atoms with Gasteiger partial charge in [-0.1, -0.05) is 11.6 Å². The first-order valence-electron chi connectivity index (χ1n) is 9.89. The van der Waals surface area contributed by atoms with Crippen LogP contribution >= 0.6 is 11.6 Å². The number of halogens is 2. The molecular weight excluding hydrogens is 437 g/mol. The number of aliphatic hydroxyl groups is 1. The van der Waals surface area contributed by atoms with Crippen molar-refractivity contribution in [2.45, 2.75) is 18.9 Å². The summed E-state index contributed by atoms with van der Waals surface area (Å²) in [4.78, 5) is 29.5. The summed E-state index contributed by atoms with van der Waals surface area (Å²) in [7, 11) is 0. The number of imidazole rings is 1. The van der Waals surface area contributed by atoms with Crippen molar-refractivity contribution in [2.75, 3.05) is 17.2 Å². The summed E-state index contributed by atoms with van der Waals surface area (Å²) in [5, 5.41) is 17.9. The van der Waals surface area contributed by atoms with Crippen LogP contribution in [0.1, 0.15) is 12.2 Å². The molecule has 0 radical (unpaired) electrons. The molecule has 1 aliphatic rings. The van der Waals surface area contributed by atoms with Gasteiger partial charge in [0.2, 0.25) is 0 Å². The van der Waals surface area contributed by atoms with Gasteiger partial charge < -0.3 is 25.6 Å². The molecule has 4 rings (SSSR count). The van der Waals surface area contributed by atoms with Gasteiger partial charge in [-0.3, -0.25) is 4.79 Å². The third-order valence-corrected chi connectivity index (χ3v) is 5.73. The Hall–Kier alpha value is -3.43. The van der Waals surface area contributed by atoms with Gasteiger partial charge in [0.15, 0.2) is 0 Å². The van der Waals surface area contributed by atoms with E-state index < -0.39 is 29.2 Å². The molecule has 3 aromatic rings. The number of urea groups is 1. The van der Waals surface area contributed by atoms with Crippen molar-refractivity contribution < 1.29 is 19.1 Å². The minimum atomic E-state index is -1.34. The molecule has 2 atom stereocenters. The molecule has 0 unspecified atom stereocenters. The Morgan fingerprint density at radius 2 is 2.00 bits per heavy atom. The maximum Gasteiger partial charge on any atom is 0.320 e. The number of carbonyl (C=O) groups excluding carboxylic acids is 2. The summed E-state index contributed by atoms with van der Waals surface area (Å²) in [5.74, 6) is -1.02. The van der Waals surface area contributed by atoms with Crippen LogP contribution in [0.15, 0.2) is 54.9 Å². The lowest BCUT2D eigenvalue weighted by atomic mass is 10.1. The van der Waals surface area contributed by atoms with Crippen LogP contribution in [-0.2, 0) is 4.79 Å². The van der Waals surface area contributed by atoms with Crippen molar-refractivity contribution >= 4 is 34.9 Å². The molecule has 32 heavy (non-hydrogen) atoms. The predicted molar refractivity (Wildman–Crippen MR) is 118 cm³/mol. The Bertz CT molecular complexity index is 1170. The van der Waals surface area contributed by atoms with Crippen LogP contribution in [-0.4, -0.2) is 38.7 Å². The van der Waals surface area contributed by atoms with Gasteiger partial charge in [0.05, 0.1) is 5.69 Å². The highest BCUT2D eigenvalue weighted by Gasteiger charge is 2.61. The van der Waals surface area contributed by atoms with E-state index in [0.29, 0.717) is 22.2 Å². The highest BCUT2D eigenvalue weighted by Crippen LogP contribution is 2.44. The van der Waals surface area contributed by atoms with Crippen molar-refractivity contribution in [3.05, 3.63) is 71.5 Å². The number of aromatic nitrogens is 2. The first kappa shape index (κ1) is 21.8. The molecule has 1 saturated carbocycles. The molecule has 1 aliphatic carbocycles. The number of aryl methyl sites for hydroxylation is 1. The standard InChI is InChI=1S/C22H21ClFN5O3/c1-13-25-8-9-29(13)17-6-7-19(18(24)10-17)27-20(31)22(11-14(22)12-30)28-21(32)26-16-4-2-15(23)3-5-16/h2-10,14,30H,11-12H2,1H3,(H,27,31)(H2,26,28,32)/t14-,22-/m1/s1. The lowest BCUT2D eigenvalue weighted by molar-refractivity contribution is -0.119. The topological polar surface area (TPSA) is 108 Å². The van der Waals surface area contributed by atoms with Crippen molar-refractivity contribution in [3.63, 3.8) is 0 Å². The average molecular weight is 458 g/mol. The molecule has 2 aromatic carbocycles. The zero-order valence-corrected chi connectivity index (χ0v) is 17.9. The molecule has 10 heteroatoms. The van der Waals surface area contributed by atoms with Crippen LogP contribution < -0.4 is 16.0 Å². The van der Waals surface area contributed by atoms with E-state index >= 15 is 0 Å². The highest BCUT2D eigenvalue weighted by molar-refractivity contribution is 6.30. The number of anilines is 2. The fourth-order valence-corrected chi connectivity index (χ4v) is 3.70. The highest BCUT2D eigenvalue weighted by atomic mass is 35.5. The molecule has 1 aromatic heterocycles. The molecule has 0 aliphatic heterocycles. The zero-order chi connectivity index (χ0) is 22.9. The summed E-state index contributed by atoms with van der Waals surface area (Å²) in [5.41, 5.74) is -0.318. The Kier molecular flexibility index (Phi) is 5.86. The largest absolute Gasteiger partial charge is 0.396 e. The van der Waals surface area contributed by atoms with Gasteiger partial charge in [-0.2, -0.15) is 0 Å². The number of nitrogens with zero attached hydrogens (tertiary/aromatic N) is 2. The fourth-order valence-electron chi connectivity index (χ4n) is 3.58. The van der Waals surface area contributed by atoms with Gasteiger partial charge in [-0.15, -0.1) is 0 Å². The Balaban J connectivity index is 1.47. The number of hydrogen-bond donors (Lipinski definition) is 4. The minimum Gasteiger partial charge on any atom is -0.396 e. The van der Waals surface area contributed by atoms with Gasteiger partial charge in [0, 0.05) is 47.4 Å². The van der Waals surface area contributed by atoms with Crippen LogP contribution in [0.3, 0.4) is 0 Å². The predicted octanol–water partition coefficient (Wildman–Crippen LogP) is 3.48. The molecule has 3 amide bonds. The molecule has 1 fully saturated rings. The van der Waals surface area contributed by atoms with Gasteiger partial charge in [-0.25, -0.2) is 14.2 Å². The molecule has 0 bridgehead atoms. The molecule has 0 saturated heterocycles. The van der Waals surface area contributed by atoms with Crippen LogP contribution in [0, 0.1) is 18.7 Å². The summed E-state index contributed by atoms with van der Waals surface area (Å²) in [6.07, 6.45) is 3.55. The van der Waals surface area contributed by atoms with Crippen molar-refractivity contribution in [1.29, 1.82) is 0 Å². The Labute approximate surface area is 188 Å². The second kappa shape index (κ2) is 8.60. The van der Waals surface area contributed by atoms with E-state index in [1.165, 1.54) is 12.1 Å². The lowest BCUT2D eigenvalue weighted by Gasteiger charge is -2.20. The summed E-state index contributed by atoms with van der Waals surface area (Å²) < 4.78 is 16.4. The average Bonchev–Trinajstić information content (AvgIpc) is 3.31. The smallest absolute Gasteiger partial charge is 0.320 e. The molecule has 8 nitrogen and oxygen atoms in total. The van der Waals surface area contributed by atoms with E-state index in [1.54, 1.807) is 54.2 Å². The minimum absolute atomic E-state index is 0.0283. The van der Waals surface area contributed by atoms with Gasteiger partial charge in [0.1, 0.15) is 17.2 Å².